The molecule has 2 aliphatic rings. The number of piperazine rings is 1. The third kappa shape index (κ3) is 4.33. The summed E-state index contributed by atoms with van der Waals surface area (Å²) in [5.41, 5.74) is 1.24. The van der Waals surface area contributed by atoms with Crippen LogP contribution >= 0.6 is 11.3 Å². The standard InChI is InChI=1S/C22H29N3O2S/c1-16(23-22(26)17-5-6-17)21(20-4-3-15-28-20)25-13-11-24(12-14-25)18-7-9-19(27-2)10-8-18/h3-4,7-10,15-17,21H,5-6,11-14H2,1-2H3,(H,23,26)/t16-,21+/m0/s1. The molecule has 0 unspecified atom stereocenters. The molecule has 1 aromatic heterocycles. The van der Waals surface area contributed by atoms with Crippen LogP contribution < -0.4 is 15.0 Å². The van der Waals surface area contributed by atoms with E-state index < -0.39 is 0 Å². The monoisotopic (exact) mass is 399 g/mol. The number of rotatable bonds is 7. The Morgan fingerprint density at radius 3 is 2.43 bits per heavy atom. The topological polar surface area (TPSA) is 44.8 Å². The molecular formula is C22H29N3O2S. The molecule has 1 saturated carbocycles. The lowest BCUT2D eigenvalue weighted by Gasteiger charge is -2.42. The van der Waals surface area contributed by atoms with Gasteiger partial charge in [-0.2, -0.15) is 0 Å². The summed E-state index contributed by atoms with van der Waals surface area (Å²) in [6.07, 6.45) is 2.09. The summed E-state index contributed by atoms with van der Waals surface area (Å²) in [6, 6.07) is 13.0. The van der Waals surface area contributed by atoms with Gasteiger partial charge in [0, 0.05) is 48.7 Å². The van der Waals surface area contributed by atoms with E-state index in [2.05, 4.69) is 51.7 Å². The first-order chi connectivity index (χ1) is 13.7. The molecule has 5 nitrogen and oxygen atoms in total. The van der Waals surface area contributed by atoms with E-state index in [9.17, 15) is 4.79 Å². The molecule has 1 aliphatic carbocycles. The third-order valence-electron chi connectivity index (χ3n) is 5.77. The first-order valence-electron chi connectivity index (χ1n) is 10.1. The fraction of sp³-hybridized carbons (Fsp3) is 0.500. The van der Waals surface area contributed by atoms with Crippen molar-refractivity contribution >= 4 is 22.9 Å². The van der Waals surface area contributed by atoms with E-state index >= 15 is 0 Å². The molecule has 6 heteroatoms. The van der Waals surface area contributed by atoms with E-state index in [-0.39, 0.29) is 23.9 Å². The van der Waals surface area contributed by atoms with Crippen LogP contribution in [-0.4, -0.2) is 50.1 Å². The summed E-state index contributed by atoms with van der Waals surface area (Å²) in [5.74, 6) is 1.37. The third-order valence-corrected chi connectivity index (χ3v) is 6.71. The molecule has 1 amide bonds. The molecule has 2 aromatic rings. The number of hydrogen-bond acceptors (Lipinski definition) is 5. The summed E-state index contributed by atoms with van der Waals surface area (Å²) in [7, 11) is 1.70. The minimum absolute atomic E-state index is 0.110. The van der Waals surface area contributed by atoms with Crippen LogP contribution in [0.1, 0.15) is 30.7 Å². The lowest BCUT2D eigenvalue weighted by atomic mass is 10.0. The van der Waals surface area contributed by atoms with Gasteiger partial charge in [-0.1, -0.05) is 6.07 Å². The van der Waals surface area contributed by atoms with E-state index in [1.165, 1.54) is 10.6 Å². The summed E-state index contributed by atoms with van der Waals surface area (Å²) in [5, 5.41) is 5.41. The predicted octanol–water partition coefficient (Wildman–Crippen LogP) is 3.53. The van der Waals surface area contributed by atoms with Crippen LogP contribution in [0.4, 0.5) is 5.69 Å². The Kier molecular flexibility index (Phi) is 5.87. The minimum Gasteiger partial charge on any atom is -0.497 e. The second-order valence-electron chi connectivity index (χ2n) is 7.75. The van der Waals surface area contributed by atoms with E-state index in [1.807, 2.05) is 12.1 Å². The zero-order valence-corrected chi connectivity index (χ0v) is 17.5. The van der Waals surface area contributed by atoms with Gasteiger partial charge in [0.05, 0.1) is 13.2 Å². The van der Waals surface area contributed by atoms with Crippen molar-refractivity contribution in [2.45, 2.75) is 31.8 Å². The van der Waals surface area contributed by atoms with Gasteiger partial charge in [0.25, 0.3) is 0 Å². The van der Waals surface area contributed by atoms with Crippen molar-refractivity contribution in [3.63, 3.8) is 0 Å². The van der Waals surface area contributed by atoms with Crippen LogP contribution in [0.2, 0.25) is 0 Å². The number of carbonyl (C=O) groups is 1. The molecule has 4 rings (SSSR count). The Labute approximate surface area is 171 Å². The average molecular weight is 400 g/mol. The van der Waals surface area contributed by atoms with Crippen molar-refractivity contribution in [2.75, 3.05) is 38.2 Å². The van der Waals surface area contributed by atoms with Crippen molar-refractivity contribution in [1.82, 2.24) is 10.2 Å². The molecular weight excluding hydrogens is 370 g/mol. The van der Waals surface area contributed by atoms with Gasteiger partial charge in [-0.15, -0.1) is 11.3 Å². The van der Waals surface area contributed by atoms with E-state index in [0.717, 1.165) is 44.8 Å². The molecule has 0 spiro atoms. The fourth-order valence-electron chi connectivity index (χ4n) is 4.02. The number of benzene rings is 1. The highest BCUT2D eigenvalue weighted by atomic mass is 32.1. The predicted molar refractivity (Wildman–Crippen MR) is 114 cm³/mol. The maximum absolute atomic E-state index is 12.3. The first-order valence-corrected chi connectivity index (χ1v) is 11.0. The average Bonchev–Trinajstić information content (AvgIpc) is 3.45. The first kappa shape index (κ1) is 19.3. The highest BCUT2D eigenvalue weighted by molar-refractivity contribution is 7.10. The van der Waals surface area contributed by atoms with Crippen LogP contribution in [0.15, 0.2) is 41.8 Å². The van der Waals surface area contributed by atoms with Gasteiger partial charge in [-0.25, -0.2) is 0 Å². The molecule has 2 atom stereocenters. The number of nitrogens with one attached hydrogen (secondary N) is 1. The molecule has 0 bridgehead atoms. The quantitative estimate of drug-likeness (QED) is 0.774. The summed E-state index contributed by atoms with van der Waals surface area (Å²) < 4.78 is 5.27. The van der Waals surface area contributed by atoms with Crippen LogP contribution in [0.25, 0.3) is 0 Å². The SMILES string of the molecule is COc1ccc(N2CCN([C@@H](c3cccs3)[C@H](C)NC(=O)C3CC3)CC2)cc1. The molecule has 2 fully saturated rings. The second kappa shape index (κ2) is 8.53. The van der Waals surface area contributed by atoms with Gasteiger partial charge >= 0.3 is 0 Å². The number of carbonyl (C=O) groups excluding carboxylic acids is 1. The normalized spacial score (nSPS) is 19.9. The van der Waals surface area contributed by atoms with Gasteiger partial charge < -0.3 is 15.0 Å². The molecule has 1 saturated heterocycles. The van der Waals surface area contributed by atoms with Crippen molar-refractivity contribution < 1.29 is 9.53 Å². The van der Waals surface area contributed by atoms with E-state index in [0.29, 0.717) is 0 Å². The number of thiophene rings is 1. The zero-order chi connectivity index (χ0) is 19.5. The van der Waals surface area contributed by atoms with Crippen LogP contribution in [-0.2, 0) is 4.79 Å². The molecule has 1 aromatic carbocycles. The number of ether oxygens (including phenoxy) is 1. The Hall–Kier alpha value is -2.05. The summed E-state index contributed by atoms with van der Waals surface area (Å²) in [6.45, 7) is 6.09. The Balaban J connectivity index is 1.42. The highest BCUT2D eigenvalue weighted by Crippen LogP contribution is 2.33. The van der Waals surface area contributed by atoms with Crippen LogP contribution in [0.3, 0.4) is 0 Å². The Morgan fingerprint density at radius 1 is 1.14 bits per heavy atom. The maximum Gasteiger partial charge on any atom is 0.223 e. The Bertz CT molecular complexity index is 766. The van der Waals surface area contributed by atoms with Crippen molar-refractivity contribution in [1.29, 1.82) is 0 Å². The van der Waals surface area contributed by atoms with E-state index in [1.54, 1.807) is 18.4 Å². The largest absolute Gasteiger partial charge is 0.497 e. The molecule has 1 N–H and O–H groups in total. The van der Waals surface area contributed by atoms with Crippen LogP contribution in [0.5, 0.6) is 5.75 Å². The van der Waals surface area contributed by atoms with Gasteiger partial charge in [0.15, 0.2) is 0 Å². The smallest absolute Gasteiger partial charge is 0.223 e. The van der Waals surface area contributed by atoms with Gasteiger partial charge in [0.2, 0.25) is 5.91 Å². The fourth-order valence-corrected chi connectivity index (χ4v) is 4.98. The zero-order valence-electron chi connectivity index (χ0n) is 16.6. The summed E-state index contributed by atoms with van der Waals surface area (Å²) >= 11 is 1.78. The van der Waals surface area contributed by atoms with Crippen molar-refractivity contribution in [3.8, 4) is 5.75 Å². The number of nitrogens with zero attached hydrogens (tertiary/aromatic N) is 2. The Morgan fingerprint density at radius 2 is 1.86 bits per heavy atom. The summed E-state index contributed by atoms with van der Waals surface area (Å²) in [4.78, 5) is 18.6. The lowest BCUT2D eigenvalue weighted by molar-refractivity contribution is -0.123. The molecule has 0 radical (unpaired) electrons. The number of anilines is 1. The molecule has 150 valence electrons. The van der Waals surface area contributed by atoms with Gasteiger partial charge in [-0.05, 0) is 55.5 Å². The number of methoxy groups -OCH3 is 1. The minimum atomic E-state index is 0.110. The van der Waals surface area contributed by atoms with Crippen LogP contribution in [0, 0.1) is 5.92 Å². The van der Waals surface area contributed by atoms with E-state index in [4.69, 9.17) is 4.74 Å². The maximum atomic E-state index is 12.3. The van der Waals surface area contributed by atoms with Crippen molar-refractivity contribution in [3.05, 3.63) is 46.7 Å². The van der Waals surface area contributed by atoms with Crippen molar-refractivity contribution in [2.24, 2.45) is 5.92 Å². The molecule has 1 aliphatic heterocycles. The highest BCUT2D eigenvalue weighted by Gasteiger charge is 2.35. The van der Waals surface area contributed by atoms with Gasteiger partial charge in [0.1, 0.15) is 5.75 Å². The molecule has 28 heavy (non-hydrogen) atoms. The lowest BCUT2D eigenvalue weighted by Crippen LogP contribution is -2.52. The number of amides is 1. The number of hydrogen-bond donors (Lipinski definition) is 1. The second-order valence-corrected chi connectivity index (χ2v) is 8.73. The molecule has 2 heterocycles. The van der Waals surface area contributed by atoms with Gasteiger partial charge in [-0.3, -0.25) is 9.69 Å².